The fourth-order valence-electron chi connectivity index (χ4n) is 3.55. The van der Waals surface area contributed by atoms with Crippen molar-refractivity contribution in [1.29, 1.82) is 0 Å². The molecule has 4 heteroatoms. The molecule has 2 unspecified atom stereocenters. The van der Waals surface area contributed by atoms with Crippen LogP contribution in [0.5, 0.6) is 0 Å². The van der Waals surface area contributed by atoms with Crippen molar-refractivity contribution in [1.82, 2.24) is 9.88 Å². The highest BCUT2D eigenvalue weighted by Gasteiger charge is 2.23. The molecule has 2 aliphatic rings. The lowest BCUT2D eigenvalue weighted by molar-refractivity contribution is 0.0697. The Balaban J connectivity index is 1.57. The van der Waals surface area contributed by atoms with Gasteiger partial charge in [0, 0.05) is 25.3 Å². The van der Waals surface area contributed by atoms with E-state index in [9.17, 15) is 4.79 Å². The fraction of sp³-hybridized carbons (Fsp3) is 0.667. The van der Waals surface area contributed by atoms with Crippen molar-refractivity contribution >= 4 is 11.7 Å². The van der Waals surface area contributed by atoms with Crippen molar-refractivity contribution in [3.8, 4) is 0 Å². The zero-order valence-electron chi connectivity index (χ0n) is 13.7. The molecule has 22 heavy (non-hydrogen) atoms. The maximum Gasteiger partial charge on any atom is 0.255 e. The van der Waals surface area contributed by atoms with Crippen molar-refractivity contribution in [2.45, 2.75) is 52.0 Å². The molecular weight excluding hydrogens is 274 g/mol. The summed E-state index contributed by atoms with van der Waals surface area (Å²) in [6, 6.07) is 4.39. The van der Waals surface area contributed by atoms with Gasteiger partial charge in [0.2, 0.25) is 0 Å². The number of likely N-dealkylation sites (tertiary alicyclic amines) is 1. The van der Waals surface area contributed by atoms with E-state index in [2.05, 4.69) is 24.1 Å². The smallest absolute Gasteiger partial charge is 0.255 e. The average molecular weight is 301 g/mol. The Bertz CT molecular complexity index is 506. The van der Waals surface area contributed by atoms with E-state index in [-0.39, 0.29) is 5.91 Å². The topological polar surface area (TPSA) is 45.2 Å². The molecule has 0 radical (unpaired) electrons. The number of anilines is 1. The van der Waals surface area contributed by atoms with Crippen LogP contribution in [0.25, 0.3) is 0 Å². The summed E-state index contributed by atoms with van der Waals surface area (Å²) in [5.74, 6) is 2.56. The zero-order valence-corrected chi connectivity index (χ0v) is 13.7. The number of nitrogens with one attached hydrogen (secondary N) is 1. The maximum atomic E-state index is 12.5. The summed E-state index contributed by atoms with van der Waals surface area (Å²) in [4.78, 5) is 18.9. The summed E-state index contributed by atoms with van der Waals surface area (Å²) in [5.41, 5.74) is 0.708. The van der Waals surface area contributed by atoms with Gasteiger partial charge in [-0.25, -0.2) is 4.98 Å². The molecule has 1 aromatic heterocycles. The lowest BCUT2D eigenvalue weighted by Gasteiger charge is -2.30. The number of carbonyl (C=O) groups excluding carboxylic acids is 1. The Labute approximate surface area is 133 Å². The van der Waals surface area contributed by atoms with E-state index in [1.807, 2.05) is 17.0 Å². The van der Waals surface area contributed by atoms with E-state index >= 15 is 0 Å². The van der Waals surface area contributed by atoms with E-state index in [0.29, 0.717) is 11.6 Å². The zero-order chi connectivity index (χ0) is 15.5. The lowest BCUT2D eigenvalue weighted by atomic mass is 9.99. The highest BCUT2D eigenvalue weighted by atomic mass is 16.2. The Hall–Kier alpha value is -1.58. The van der Waals surface area contributed by atoms with E-state index in [0.717, 1.165) is 43.6 Å². The van der Waals surface area contributed by atoms with E-state index in [1.54, 1.807) is 6.20 Å². The molecule has 0 bridgehead atoms. The maximum absolute atomic E-state index is 12.5. The first-order valence-electron chi connectivity index (χ1n) is 8.63. The van der Waals surface area contributed by atoms with Gasteiger partial charge in [-0.15, -0.1) is 0 Å². The van der Waals surface area contributed by atoms with Crippen LogP contribution in [-0.2, 0) is 0 Å². The molecule has 0 spiro atoms. The molecule has 2 fully saturated rings. The number of carbonyl (C=O) groups is 1. The molecular formula is C18H27N3O. The molecule has 1 aromatic rings. The number of piperidine rings is 1. The SMILES string of the molecule is CC1CCN(C(=O)c2ccc(NC3CCC(C)C3)nc2)CC1. The number of amides is 1. The Morgan fingerprint density at radius 2 is 1.91 bits per heavy atom. The second kappa shape index (κ2) is 6.67. The molecule has 1 N–H and O–H groups in total. The summed E-state index contributed by atoms with van der Waals surface area (Å²) in [6.45, 7) is 6.31. The van der Waals surface area contributed by atoms with Crippen LogP contribution in [0.4, 0.5) is 5.82 Å². The quantitative estimate of drug-likeness (QED) is 0.928. The van der Waals surface area contributed by atoms with Crippen molar-refractivity contribution in [2.24, 2.45) is 11.8 Å². The molecule has 1 amide bonds. The summed E-state index contributed by atoms with van der Waals surface area (Å²) in [5, 5.41) is 3.49. The van der Waals surface area contributed by atoms with Crippen LogP contribution in [0, 0.1) is 11.8 Å². The summed E-state index contributed by atoms with van der Waals surface area (Å²) < 4.78 is 0. The normalized spacial score (nSPS) is 26.2. The largest absolute Gasteiger partial charge is 0.367 e. The van der Waals surface area contributed by atoms with E-state index in [4.69, 9.17) is 0 Å². The van der Waals surface area contributed by atoms with Crippen LogP contribution in [0.3, 0.4) is 0 Å². The molecule has 2 atom stereocenters. The van der Waals surface area contributed by atoms with Crippen LogP contribution in [0.15, 0.2) is 18.3 Å². The van der Waals surface area contributed by atoms with Crippen LogP contribution in [0.1, 0.15) is 56.3 Å². The summed E-state index contributed by atoms with van der Waals surface area (Å²) >= 11 is 0. The van der Waals surface area contributed by atoms with Crippen molar-refractivity contribution in [2.75, 3.05) is 18.4 Å². The number of rotatable bonds is 3. The highest BCUT2D eigenvalue weighted by molar-refractivity contribution is 5.94. The highest BCUT2D eigenvalue weighted by Crippen LogP contribution is 2.27. The standard InChI is InChI=1S/C18H27N3O/c1-13-7-9-21(10-8-13)18(22)15-4-6-17(19-12-15)20-16-5-3-14(2)11-16/h4,6,12-14,16H,3,5,7-11H2,1-2H3,(H,19,20). The first-order chi connectivity index (χ1) is 10.6. The molecule has 1 saturated heterocycles. The predicted molar refractivity (Wildman–Crippen MR) is 89.0 cm³/mol. The van der Waals surface area contributed by atoms with Gasteiger partial charge in [0.25, 0.3) is 5.91 Å². The third-order valence-electron chi connectivity index (χ3n) is 5.13. The second-order valence-corrected chi connectivity index (χ2v) is 7.17. The molecule has 0 aromatic carbocycles. The molecule has 2 heterocycles. The summed E-state index contributed by atoms with van der Waals surface area (Å²) in [6.07, 6.45) is 7.67. The second-order valence-electron chi connectivity index (χ2n) is 7.17. The van der Waals surface area contributed by atoms with Gasteiger partial charge in [0.05, 0.1) is 5.56 Å². The van der Waals surface area contributed by atoms with Crippen LogP contribution < -0.4 is 5.32 Å². The van der Waals surface area contributed by atoms with E-state index < -0.39 is 0 Å². The van der Waals surface area contributed by atoms with Crippen LogP contribution in [-0.4, -0.2) is 34.9 Å². The minimum absolute atomic E-state index is 0.125. The van der Waals surface area contributed by atoms with Gasteiger partial charge in [-0.1, -0.05) is 13.8 Å². The van der Waals surface area contributed by atoms with Crippen molar-refractivity contribution in [3.05, 3.63) is 23.9 Å². The molecule has 120 valence electrons. The minimum atomic E-state index is 0.125. The number of hydrogen-bond donors (Lipinski definition) is 1. The first-order valence-corrected chi connectivity index (χ1v) is 8.63. The van der Waals surface area contributed by atoms with Gasteiger partial charge in [-0.3, -0.25) is 4.79 Å². The van der Waals surface area contributed by atoms with Gasteiger partial charge in [-0.05, 0) is 56.1 Å². The predicted octanol–water partition coefficient (Wildman–Crippen LogP) is 3.55. The average Bonchev–Trinajstić information content (AvgIpc) is 2.93. The van der Waals surface area contributed by atoms with Gasteiger partial charge in [0.1, 0.15) is 5.82 Å². The summed E-state index contributed by atoms with van der Waals surface area (Å²) in [7, 11) is 0. The fourth-order valence-corrected chi connectivity index (χ4v) is 3.55. The molecule has 1 saturated carbocycles. The van der Waals surface area contributed by atoms with Crippen LogP contribution >= 0.6 is 0 Å². The van der Waals surface area contributed by atoms with Gasteiger partial charge >= 0.3 is 0 Å². The minimum Gasteiger partial charge on any atom is -0.367 e. The first kappa shape index (κ1) is 15.3. The van der Waals surface area contributed by atoms with Gasteiger partial charge in [0.15, 0.2) is 0 Å². The Morgan fingerprint density at radius 1 is 1.14 bits per heavy atom. The third kappa shape index (κ3) is 3.60. The number of pyridine rings is 1. The monoisotopic (exact) mass is 301 g/mol. The molecule has 1 aliphatic carbocycles. The molecule has 4 nitrogen and oxygen atoms in total. The number of hydrogen-bond acceptors (Lipinski definition) is 3. The Kier molecular flexibility index (Phi) is 4.65. The van der Waals surface area contributed by atoms with Crippen molar-refractivity contribution < 1.29 is 4.79 Å². The third-order valence-corrected chi connectivity index (χ3v) is 5.13. The number of nitrogens with zero attached hydrogens (tertiary/aromatic N) is 2. The van der Waals surface area contributed by atoms with Crippen molar-refractivity contribution in [3.63, 3.8) is 0 Å². The van der Waals surface area contributed by atoms with E-state index in [1.165, 1.54) is 19.3 Å². The molecule has 1 aliphatic heterocycles. The van der Waals surface area contributed by atoms with Crippen LogP contribution in [0.2, 0.25) is 0 Å². The van der Waals surface area contributed by atoms with Gasteiger partial charge < -0.3 is 10.2 Å². The molecule has 3 rings (SSSR count). The Morgan fingerprint density at radius 3 is 2.50 bits per heavy atom. The number of aromatic nitrogens is 1. The van der Waals surface area contributed by atoms with Gasteiger partial charge in [-0.2, -0.15) is 0 Å². The lowest BCUT2D eigenvalue weighted by Crippen LogP contribution is -2.37.